The van der Waals surface area contributed by atoms with Crippen molar-refractivity contribution in [1.82, 2.24) is 0 Å². The number of hydrogen-bond donors (Lipinski definition) is 2. The molecule has 1 fully saturated rings. The van der Waals surface area contributed by atoms with E-state index in [9.17, 15) is 9.59 Å². The maximum absolute atomic E-state index is 9.80. The van der Waals surface area contributed by atoms with Crippen LogP contribution in [0.3, 0.4) is 0 Å². The molecule has 0 spiro atoms. The van der Waals surface area contributed by atoms with E-state index < -0.39 is 12.3 Å². The minimum absolute atomic E-state index is 0.144. The van der Waals surface area contributed by atoms with E-state index in [-0.39, 0.29) is 13.2 Å². The Labute approximate surface area is 73.8 Å². The van der Waals surface area contributed by atoms with Gasteiger partial charge in [-0.3, -0.25) is 0 Å². The maximum atomic E-state index is 9.80. The van der Waals surface area contributed by atoms with Crippen LogP contribution in [0, 0.1) is 0 Å². The van der Waals surface area contributed by atoms with Gasteiger partial charge in [-0.25, -0.2) is 9.59 Å². The Hall–Kier alpha value is -1.50. The zero-order chi connectivity index (χ0) is 10.1. The lowest BCUT2D eigenvalue weighted by atomic mass is 10.8. The highest BCUT2D eigenvalue weighted by atomic mass is 16.8. The fourth-order valence-corrected chi connectivity index (χ4v) is 0.425. The summed E-state index contributed by atoms with van der Waals surface area (Å²) in [4.78, 5) is 19.2. The topological polar surface area (TPSA) is 102 Å². The molecule has 1 aliphatic heterocycles. The summed E-state index contributed by atoms with van der Waals surface area (Å²) in [7, 11) is 0. The van der Waals surface area contributed by atoms with Crippen LogP contribution in [0.15, 0.2) is 0 Å². The molecule has 0 aliphatic carbocycles. The van der Waals surface area contributed by atoms with Crippen LogP contribution < -0.4 is 0 Å². The highest BCUT2D eigenvalue weighted by molar-refractivity contribution is 5.61. The Morgan fingerprint density at radius 2 is 2.00 bits per heavy atom. The molecular formula is C6H10O7. The summed E-state index contributed by atoms with van der Waals surface area (Å²) in [6.45, 7) is 0.430. The number of aliphatic hydroxyl groups excluding tert-OH is 1. The zero-order valence-electron chi connectivity index (χ0n) is 6.76. The second-order valence-electron chi connectivity index (χ2n) is 1.78. The lowest BCUT2D eigenvalue weighted by molar-refractivity contribution is 0.0743. The van der Waals surface area contributed by atoms with Gasteiger partial charge in [-0.15, -0.1) is 0 Å². The molecule has 1 rings (SSSR count). The summed E-state index contributed by atoms with van der Waals surface area (Å²) in [5.74, 6) is 0. The van der Waals surface area contributed by atoms with Crippen molar-refractivity contribution in [3.8, 4) is 0 Å². The van der Waals surface area contributed by atoms with Crippen LogP contribution in [0.4, 0.5) is 9.59 Å². The van der Waals surface area contributed by atoms with Gasteiger partial charge in [0.2, 0.25) is 0 Å². The van der Waals surface area contributed by atoms with Crippen LogP contribution in [0.2, 0.25) is 0 Å². The highest BCUT2D eigenvalue weighted by Crippen LogP contribution is 1.92. The van der Waals surface area contributed by atoms with Crippen molar-refractivity contribution >= 4 is 12.3 Å². The van der Waals surface area contributed by atoms with Crippen molar-refractivity contribution in [1.29, 1.82) is 0 Å². The van der Waals surface area contributed by atoms with Gasteiger partial charge >= 0.3 is 12.3 Å². The van der Waals surface area contributed by atoms with Gasteiger partial charge in [0, 0.05) is 0 Å². The van der Waals surface area contributed by atoms with E-state index in [1.54, 1.807) is 0 Å². The summed E-state index contributed by atoms with van der Waals surface area (Å²) in [5, 5.41) is 15.6. The predicted molar refractivity (Wildman–Crippen MR) is 38.4 cm³/mol. The SMILES string of the molecule is O=C(O)OCCO.O=C1OCCO1. The smallest absolute Gasteiger partial charge is 0.450 e. The van der Waals surface area contributed by atoms with E-state index >= 15 is 0 Å². The predicted octanol–water partition coefficient (Wildman–Crippen LogP) is -0.173. The Bertz CT molecular complexity index is 158. The van der Waals surface area contributed by atoms with Crippen LogP contribution in [-0.2, 0) is 14.2 Å². The molecule has 0 amide bonds. The van der Waals surface area contributed by atoms with Gasteiger partial charge < -0.3 is 24.4 Å². The first-order valence-corrected chi connectivity index (χ1v) is 3.43. The zero-order valence-corrected chi connectivity index (χ0v) is 6.76. The summed E-state index contributed by atoms with van der Waals surface area (Å²) in [6, 6.07) is 0. The van der Waals surface area contributed by atoms with E-state index in [1.165, 1.54) is 0 Å². The average molecular weight is 194 g/mol. The standard InChI is InChI=1S/C3H6O4.C3H4O3/c4-1-2-7-3(5)6;4-3-5-1-2-6-3/h4H,1-2H2,(H,5,6);1-2H2. The van der Waals surface area contributed by atoms with Crippen LogP contribution in [0.1, 0.15) is 0 Å². The van der Waals surface area contributed by atoms with Crippen molar-refractivity contribution < 1.29 is 34.0 Å². The van der Waals surface area contributed by atoms with Gasteiger partial charge in [-0.1, -0.05) is 0 Å². The van der Waals surface area contributed by atoms with Gasteiger partial charge in [0.05, 0.1) is 6.61 Å². The Kier molecular flexibility index (Phi) is 6.34. The quantitative estimate of drug-likeness (QED) is 0.588. The average Bonchev–Trinajstić information content (AvgIpc) is 2.53. The molecule has 7 heteroatoms. The molecule has 1 heterocycles. The third-order valence-electron chi connectivity index (χ3n) is 0.840. The second-order valence-corrected chi connectivity index (χ2v) is 1.78. The fourth-order valence-electron chi connectivity index (χ4n) is 0.425. The lowest BCUT2D eigenvalue weighted by Gasteiger charge is -1.91. The fraction of sp³-hybridized carbons (Fsp3) is 0.667. The van der Waals surface area contributed by atoms with Crippen LogP contribution in [0.25, 0.3) is 0 Å². The molecule has 1 aliphatic rings. The largest absolute Gasteiger partial charge is 0.508 e. The molecule has 0 atom stereocenters. The number of hydrogen-bond acceptors (Lipinski definition) is 6. The number of cyclic esters (lactones) is 2. The number of ether oxygens (including phenoxy) is 3. The minimum Gasteiger partial charge on any atom is -0.450 e. The first kappa shape index (κ1) is 11.5. The summed E-state index contributed by atoms with van der Waals surface area (Å²) < 4.78 is 12.4. The molecule has 0 unspecified atom stereocenters. The molecule has 76 valence electrons. The Morgan fingerprint density at radius 1 is 1.46 bits per heavy atom. The molecular weight excluding hydrogens is 184 g/mol. The molecule has 0 aromatic carbocycles. The van der Waals surface area contributed by atoms with Gasteiger partial charge in [0.15, 0.2) is 0 Å². The van der Waals surface area contributed by atoms with Crippen molar-refractivity contribution in [2.24, 2.45) is 0 Å². The number of carbonyl (C=O) groups excluding carboxylic acids is 1. The van der Waals surface area contributed by atoms with Gasteiger partial charge in [-0.2, -0.15) is 0 Å². The first-order chi connectivity index (χ1) is 6.16. The Morgan fingerprint density at radius 3 is 2.15 bits per heavy atom. The number of carbonyl (C=O) groups is 2. The molecule has 0 saturated carbocycles. The van der Waals surface area contributed by atoms with Crippen LogP contribution in [0.5, 0.6) is 0 Å². The van der Waals surface area contributed by atoms with Crippen molar-refractivity contribution in [3.05, 3.63) is 0 Å². The van der Waals surface area contributed by atoms with Gasteiger partial charge in [-0.05, 0) is 0 Å². The first-order valence-electron chi connectivity index (χ1n) is 3.43. The summed E-state index contributed by atoms with van der Waals surface area (Å²) in [6.07, 6.45) is -1.90. The molecule has 0 radical (unpaired) electrons. The van der Waals surface area contributed by atoms with E-state index in [0.717, 1.165) is 0 Å². The third kappa shape index (κ3) is 8.41. The van der Waals surface area contributed by atoms with Crippen LogP contribution >= 0.6 is 0 Å². The monoisotopic (exact) mass is 194 g/mol. The number of carboxylic acid groups (broad SMARTS) is 1. The van der Waals surface area contributed by atoms with Gasteiger partial charge in [0.25, 0.3) is 0 Å². The van der Waals surface area contributed by atoms with E-state index in [1.807, 2.05) is 0 Å². The normalized spacial score (nSPS) is 13.5. The summed E-state index contributed by atoms with van der Waals surface area (Å²) in [5.41, 5.74) is 0. The molecule has 13 heavy (non-hydrogen) atoms. The summed E-state index contributed by atoms with van der Waals surface area (Å²) >= 11 is 0. The van der Waals surface area contributed by atoms with E-state index in [4.69, 9.17) is 10.2 Å². The number of rotatable bonds is 2. The second kappa shape index (κ2) is 7.17. The minimum atomic E-state index is -1.35. The lowest BCUT2D eigenvalue weighted by Crippen LogP contribution is -2.04. The molecule has 2 N–H and O–H groups in total. The molecule has 0 aromatic heterocycles. The molecule has 0 aromatic rings. The van der Waals surface area contributed by atoms with Crippen molar-refractivity contribution in [3.63, 3.8) is 0 Å². The molecule has 0 bridgehead atoms. The van der Waals surface area contributed by atoms with Crippen molar-refractivity contribution in [2.45, 2.75) is 0 Å². The van der Waals surface area contributed by atoms with Crippen molar-refractivity contribution in [2.75, 3.05) is 26.4 Å². The Balaban J connectivity index is 0.000000223. The molecule has 1 saturated heterocycles. The van der Waals surface area contributed by atoms with E-state index in [0.29, 0.717) is 13.2 Å². The van der Waals surface area contributed by atoms with Crippen LogP contribution in [-0.4, -0.2) is 49.0 Å². The van der Waals surface area contributed by atoms with Gasteiger partial charge in [0.1, 0.15) is 19.8 Å². The third-order valence-corrected chi connectivity index (χ3v) is 0.840. The highest BCUT2D eigenvalue weighted by Gasteiger charge is 2.09. The maximum Gasteiger partial charge on any atom is 0.508 e. The molecule has 7 nitrogen and oxygen atoms in total. The van der Waals surface area contributed by atoms with E-state index in [2.05, 4.69) is 14.2 Å². The number of aliphatic hydroxyl groups is 1.